The fourth-order valence-electron chi connectivity index (χ4n) is 2.39. The lowest BCUT2D eigenvalue weighted by Crippen LogP contribution is -2.11. The Hall–Kier alpha value is -2.35. The molecule has 0 saturated heterocycles. The van der Waals surface area contributed by atoms with E-state index >= 15 is 0 Å². The summed E-state index contributed by atoms with van der Waals surface area (Å²) in [6, 6.07) is 17.9. The van der Waals surface area contributed by atoms with Crippen LogP contribution < -0.4 is 0 Å². The Kier molecular flexibility index (Phi) is 3.15. The van der Waals surface area contributed by atoms with Crippen molar-refractivity contribution in [3.8, 4) is 0 Å². The van der Waals surface area contributed by atoms with Gasteiger partial charge in [0.1, 0.15) is 0 Å². The van der Waals surface area contributed by atoms with Crippen molar-refractivity contribution < 1.29 is 9.53 Å². The molecule has 0 aliphatic carbocycles. The van der Waals surface area contributed by atoms with E-state index in [-0.39, 0.29) is 11.9 Å². The molecule has 2 aromatic carbocycles. The Labute approximate surface area is 112 Å². The lowest BCUT2D eigenvalue weighted by molar-refractivity contribution is 0.0658. The van der Waals surface area contributed by atoms with Crippen LogP contribution in [-0.2, 0) is 11.2 Å². The number of carbonyl (C=O) groups is 1. The summed E-state index contributed by atoms with van der Waals surface area (Å²) in [5.41, 5.74) is 2.92. The normalized spacial score (nSPS) is 19.8. The van der Waals surface area contributed by atoms with Gasteiger partial charge in [-0.1, -0.05) is 48.5 Å². The van der Waals surface area contributed by atoms with Crippen LogP contribution in [-0.4, -0.2) is 5.97 Å². The predicted molar refractivity (Wildman–Crippen MR) is 73.9 cm³/mol. The summed E-state index contributed by atoms with van der Waals surface area (Å²) in [7, 11) is 0. The maximum Gasteiger partial charge on any atom is 0.343 e. The molecule has 0 spiro atoms. The van der Waals surface area contributed by atoms with Gasteiger partial charge in [-0.05, 0) is 29.7 Å². The highest BCUT2D eigenvalue weighted by Crippen LogP contribution is 2.26. The van der Waals surface area contributed by atoms with Crippen LogP contribution in [0.15, 0.2) is 66.9 Å². The number of hydrogen-bond acceptors (Lipinski definition) is 2. The minimum atomic E-state index is -0.279. The lowest BCUT2D eigenvalue weighted by Gasteiger charge is -2.17. The van der Waals surface area contributed by atoms with Crippen LogP contribution in [0, 0.1) is 0 Å². The zero-order chi connectivity index (χ0) is 13.1. The van der Waals surface area contributed by atoms with Crippen molar-refractivity contribution >= 4 is 5.97 Å². The molecule has 2 nitrogen and oxygen atoms in total. The summed E-state index contributed by atoms with van der Waals surface area (Å²) < 4.78 is 5.14. The average molecular weight is 250 g/mol. The maximum atomic E-state index is 11.8. The van der Waals surface area contributed by atoms with E-state index < -0.39 is 0 Å². The maximum absolute atomic E-state index is 11.8. The average Bonchev–Trinajstić information content (AvgIpc) is 2.45. The van der Waals surface area contributed by atoms with Crippen molar-refractivity contribution in [1.82, 2.24) is 0 Å². The Balaban J connectivity index is 2.00. The summed E-state index contributed by atoms with van der Waals surface area (Å²) in [6.45, 7) is 0. The second-order valence-electron chi connectivity index (χ2n) is 4.61. The van der Waals surface area contributed by atoms with Gasteiger partial charge in [-0.15, -0.1) is 0 Å². The molecular weight excluding hydrogens is 236 g/mol. The highest BCUT2D eigenvalue weighted by molar-refractivity contribution is 5.91. The number of fused-ring (bicyclic) bond motifs is 1. The number of carbonyl (C=O) groups excluding carboxylic acids is 1. The molecule has 2 aromatic rings. The van der Waals surface area contributed by atoms with E-state index in [0.29, 0.717) is 5.56 Å². The zero-order valence-electron chi connectivity index (χ0n) is 10.5. The minimum absolute atomic E-state index is 0.232. The van der Waals surface area contributed by atoms with Gasteiger partial charge in [-0.2, -0.15) is 0 Å². The van der Waals surface area contributed by atoms with Gasteiger partial charge in [0.2, 0.25) is 0 Å². The second-order valence-corrected chi connectivity index (χ2v) is 4.61. The first kappa shape index (κ1) is 11.7. The number of benzene rings is 2. The SMILES string of the molecule is O=C1O/C=C\[C@H](c2ccccc2)Cc2ccccc21. The summed E-state index contributed by atoms with van der Waals surface area (Å²) in [4.78, 5) is 11.8. The van der Waals surface area contributed by atoms with E-state index in [1.165, 1.54) is 11.8 Å². The third kappa shape index (κ3) is 2.43. The van der Waals surface area contributed by atoms with Crippen LogP contribution in [0.4, 0.5) is 0 Å². The first-order valence-electron chi connectivity index (χ1n) is 6.35. The molecule has 0 saturated carbocycles. The third-order valence-corrected chi connectivity index (χ3v) is 3.39. The molecule has 0 unspecified atom stereocenters. The Morgan fingerprint density at radius 1 is 0.947 bits per heavy atom. The Morgan fingerprint density at radius 3 is 2.53 bits per heavy atom. The molecule has 1 aliphatic rings. The molecule has 0 bridgehead atoms. The molecule has 1 aliphatic heterocycles. The van der Waals surface area contributed by atoms with Gasteiger partial charge in [0.15, 0.2) is 0 Å². The van der Waals surface area contributed by atoms with Crippen molar-refractivity contribution in [2.75, 3.05) is 0 Å². The number of rotatable bonds is 1. The van der Waals surface area contributed by atoms with Crippen LogP contribution >= 0.6 is 0 Å². The molecule has 0 aromatic heterocycles. The van der Waals surface area contributed by atoms with Gasteiger partial charge in [0.25, 0.3) is 0 Å². The number of hydrogen-bond donors (Lipinski definition) is 0. The number of esters is 1. The number of ether oxygens (including phenoxy) is 1. The van der Waals surface area contributed by atoms with E-state index in [0.717, 1.165) is 12.0 Å². The summed E-state index contributed by atoms with van der Waals surface area (Å²) in [6.07, 6.45) is 4.27. The molecule has 0 amide bonds. The first-order valence-corrected chi connectivity index (χ1v) is 6.35. The molecule has 1 heterocycles. The van der Waals surface area contributed by atoms with Gasteiger partial charge < -0.3 is 4.74 Å². The molecule has 0 N–H and O–H groups in total. The molecule has 19 heavy (non-hydrogen) atoms. The molecule has 1 atom stereocenters. The quantitative estimate of drug-likeness (QED) is 0.721. The standard InChI is InChI=1S/C17H14O2/c18-17-16-9-5-4-8-15(16)12-14(10-11-19-17)13-6-2-1-3-7-13/h1-11,14H,12H2/b11-10-/t14-/m0/s1. The molecule has 94 valence electrons. The zero-order valence-corrected chi connectivity index (χ0v) is 10.5. The monoisotopic (exact) mass is 250 g/mol. The Morgan fingerprint density at radius 2 is 1.68 bits per heavy atom. The number of allylic oxidation sites excluding steroid dienone is 1. The topological polar surface area (TPSA) is 26.3 Å². The first-order chi connectivity index (χ1) is 9.34. The summed E-state index contributed by atoms with van der Waals surface area (Å²) in [5, 5.41) is 0. The van der Waals surface area contributed by atoms with Gasteiger partial charge in [0, 0.05) is 5.92 Å². The van der Waals surface area contributed by atoms with Crippen molar-refractivity contribution in [3.05, 3.63) is 83.6 Å². The van der Waals surface area contributed by atoms with Crippen molar-refractivity contribution in [2.45, 2.75) is 12.3 Å². The van der Waals surface area contributed by atoms with Gasteiger partial charge >= 0.3 is 5.97 Å². The van der Waals surface area contributed by atoms with E-state index in [9.17, 15) is 4.79 Å². The van der Waals surface area contributed by atoms with Crippen LogP contribution in [0.2, 0.25) is 0 Å². The summed E-state index contributed by atoms with van der Waals surface area (Å²) >= 11 is 0. The predicted octanol–water partition coefficient (Wildman–Crippen LogP) is 3.70. The lowest BCUT2D eigenvalue weighted by atomic mass is 9.89. The highest BCUT2D eigenvalue weighted by atomic mass is 16.5. The van der Waals surface area contributed by atoms with Gasteiger partial charge in [-0.25, -0.2) is 4.79 Å². The van der Waals surface area contributed by atoms with Crippen molar-refractivity contribution in [1.29, 1.82) is 0 Å². The molecular formula is C17H14O2. The van der Waals surface area contributed by atoms with Crippen LogP contribution in [0.25, 0.3) is 0 Å². The fraction of sp³-hybridized carbons (Fsp3) is 0.118. The third-order valence-electron chi connectivity index (χ3n) is 3.39. The molecule has 0 fully saturated rings. The molecule has 2 heteroatoms. The minimum Gasteiger partial charge on any atom is -0.431 e. The van der Waals surface area contributed by atoms with Gasteiger partial charge in [0.05, 0.1) is 11.8 Å². The van der Waals surface area contributed by atoms with Gasteiger partial charge in [-0.3, -0.25) is 0 Å². The van der Waals surface area contributed by atoms with Crippen molar-refractivity contribution in [2.24, 2.45) is 0 Å². The fourth-order valence-corrected chi connectivity index (χ4v) is 2.39. The van der Waals surface area contributed by atoms with Crippen molar-refractivity contribution in [3.63, 3.8) is 0 Å². The van der Waals surface area contributed by atoms with Crippen LogP contribution in [0.1, 0.15) is 27.4 Å². The van der Waals surface area contributed by atoms with E-state index in [4.69, 9.17) is 4.74 Å². The number of cyclic esters (lactones) is 1. The smallest absolute Gasteiger partial charge is 0.343 e. The Bertz CT molecular complexity index is 614. The van der Waals surface area contributed by atoms with Crippen LogP contribution in [0.3, 0.4) is 0 Å². The molecule has 0 radical (unpaired) electrons. The highest BCUT2D eigenvalue weighted by Gasteiger charge is 2.18. The van der Waals surface area contributed by atoms with Crippen LogP contribution in [0.5, 0.6) is 0 Å². The largest absolute Gasteiger partial charge is 0.431 e. The summed E-state index contributed by atoms with van der Waals surface area (Å²) in [5.74, 6) is -0.0474. The van der Waals surface area contributed by atoms with E-state index in [1.54, 1.807) is 0 Å². The van der Waals surface area contributed by atoms with E-state index in [1.807, 2.05) is 48.5 Å². The van der Waals surface area contributed by atoms with E-state index in [2.05, 4.69) is 12.1 Å². The molecule has 3 rings (SSSR count). The second kappa shape index (κ2) is 5.11.